The van der Waals surface area contributed by atoms with Gasteiger partial charge in [0.15, 0.2) is 0 Å². The van der Waals surface area contributed by atoms with Crippen LogP contribution >= 0.6 is 0 Å². The lowest BCUT2D eigenvalue weighted by Gasteiger charge is -2.11. The molecule has 138 valence electrons. The first-order chi connectivity index (χ1) is 12.6. The highest BCUT2D eigenvalue weighted by Crippen LogP contribution is 2.08. The van der Waals surface area contributed by atoms with Gasteiger partial charge in [-0.05, 0) is 25.0 Å². The van der Waals surface area contributed by atoms with Crippen molar-refractivity contribution in [3.8, 4) is 0 Å². The molecule has 0 bridgehead atoms. The molecule has 26 heavy (non-hydrogen) atoms. The molecule has 0 saturated heterocycles. The maximum atomic E-state index is 12.5. The van der Waals surface area contributed by atoms with E-state index in [0.717, 1.165) is 18.4 Å². The standard InChI is InChI=1S/C20H24N2O4/c1-3-5-11-22-13-16(12-17(19(22)24)18(23)21-4-2)20(25)26-14-15-9-7-6-8-10-15/h6-10,12-13H,3-5,11,14H2,1-2H3,(H,21,23). The van der Waals surface area contributed by atoms with Crippen molar-refractivity contribution in [2.75, 3.05) is 6.54 Å². The highest BCUT2D eigenvalue weighted by molar-refractivity contribution is 5.97. The Labute approximate surface area is 152 Å². The Kier molecular flexibility index (Phi) is 7.14. The number of carbonyl (C=O) groups is 2. The molecule has 0 aliphatic heterocycles. The van der Waals surface area contributed by atoms with Crippen LogP contribution in [0.4, 0.5) is 0 Å². The molecule has 0 aliphatic rings. The first-order valence-electron chi connectivity index (χ1n) is 8.80. The Hall–Kier alpha value is -2.89. The molecule has 0 fully saturated rings. The van der Waals surface area contributed by atoms with Gasteiger partial charge in [-0.3, -0.25) is 9.59 Å². The SMILES string of the molecule is CCCCn1cc(C(=O)OCc2ccccc2)cc(C(=O)NCC)c1=O. The van der Waals surface area contributed by atoms with Crippen LogP contribution in [0.25, 0.3) is 0 Å². The first-order valence-corrected chi connectivity index (χ1v) is 8.80. The van der Waals surface area contributed by atoms with E-state index in [1.165, 1.54) is 16.8 Å². The molecule has 1 aromatic heterocycles. The second-order valence-electron chi connectivity index (χ2n) is 5.92. The van der Waals surface area contributed by atoms with Crippen LogP contribution in [0.5, 0.6) is 0 Å². The van der Waals surface area contributed by atoms with E-state index in [2.05, 4.69) is 5.32 Å². The average Bonchev–Trinajstić information content (AvgIpc) is 2.66. The van der Waals surface area contributed by atoms with Crippen LogP contribution < -0.4 is 10.9 Å². The Morgan fingerprint density at radius 1 is 1.15 bits per heavy atom. The highest BCUT2D eigenvalue weighted by atomic mass is 16.5. The van der Waals surface area contributed by atoms with Crippen LogP contribution in [-0.4, -0.2) is 23.0 Å². The fourth-order valence-corrected chi connectivity index (χ4v) is 2.47. The van der Waals surface area contributed by atoms with Crippen molar-refractivity contribution in [1.29, 1.82) is 0 Å². The van der Waals surface area contributed by atoms with Gasteiger partial charge < -0.3 is 14.6 Å². The van der Waals surface area contributed by atoms with E-state index >= 15 is 0 Å². The van der Waals surface area contributed by atoms with Crippen molar-refractivity contribution in [2.24, 2.45) is 0 Å². The van der Waals surface area contributed by atoms with Crippen molar-refractivity contribution in [1.82, 2.24) is 9.88 Å². The topological polar surface area (TPSA) is 77.4 Å². The molecule has 6 nitrogen and oxygen atoms in total. The number of amides is 1. The number of benzene rings is 1. The lowest BCUT2D eigenvalue weighted by atomic mass is 10.1. The summed E-state index contributed by atoms with van der Waals surface area (Å²) in [6, 6.07) is 10.6. The van der Waals surface area contributed by atoms with Crippen molar-refractivity contribution in [3.05, 3.63) is 69.6 Å². The number of ether oxygens (including phenoxy) is 1. The van der Waals surface area contributed by atoms with E-state index in [4.69, 9.17) is 4.74 Å². The Bertz CT molecular complexity index is 812. The van der Waals surface area contributed by atoms with Crippen LogP contribution in [0.2, 0.25) is 0 Å². The number of rotatable bonds is 8. The fourth-order valence-electron chi connectivity index (χ4n) is 2.47. The summed E-state index contributed by atoms with van der Waals surface area (Å²) < 4.78 is 6.73. The van der Waals surface area contributed by atoms with Gasteiger partial charge in [-0.2, -0.15) is 0 Å². The minimum absolute atomic E-state index is 0.0443. The van der Waals surface area contributed by atoms with Crippen LogP contribution in [0, 0.1) is 0 Å². The largest absolute Gasteiger partial charge is 0.457 e. The van der Waals surface area contributed by atoms with Crippen molar-refractivity contribution >= 4 is 11.9 Å². The zero-order valence-electron chi connectivity index (χ0n) is 15.2. The summed E-state index contributed by atoms with van der Waals surface area (Å²) >= 11 is 0. The number of aromatic nitrogens is 1. The van der Waals surface area contributed by atoms with Crippen LogP contribution in [-0.2, 0) is 17.9 Å². The summed E-state index contributed by atoms with van der Waals surface area (Å²) in [5, 5.41) is 2.61. The third kappa shape index (κ3) is 5.05. The van der Waals surface area contributed by atoms with Crippen molar-refractivity contribution < 1.29 is 14.3 Å². The number of unbranched alkanes of at least 4 members (excludes halogenated alkanes) is 1. The molecule has 1 aromatic carbocycles. The predicted molar refractivity (Wildman–Crippen MR) is 99.2 cm³/mol. The van der Waals surface area contributed by atoms with E-state index in [-0.39, 0.29) is 17.7 Å². The van der Waals surface area contributed by atoms with Gasteiger partial charge in [0.25, 0.3) is 11.5 Å². The molecule has 6 heteroatoms. The Morgan fingerprint density at radius 3 is 2.54 bits per heavy atom. The maximum Gasteiger partial charge on any atom is 0.339 e. The molecule has 2 rings (SSSR count). The molecule has 1 heterocycles. The van der Waals surface area contributed by atoms with Gasteiger partial charge in [-0.1, -0.05) is 43.7 Å². The van der Waals surface area contributed by atoms with Gasteiger partial charge in [0.2, 0.25) is 0 Å². The van der Waals surface area contributed by atoms with Crippen LogP contribution in [0.1, 0.15) is 53.0 Å². The summed E-state index contributed by atoms with van der Waals surface area (Å²) in [4.78, 5) is 37.1. The Balaban J connectivity index is 2.27. The first kappa shape index (κ1) is 19.4. The minimum Gasteiger partial charge on any atom is -0.457 e. The molecule has 0 spiro atoms. The highest BCUT2D eigenvalue weighted by Gasteiger charge is 2.18. The van der Waals surface area contributed by atoms with Gasteiger partial charge in [-0.15, -0.1) is 0 Å². The van der Waals surface area contributed by atoms with Gasteiger partial charge in [0, 0.05) is 19.3 Å². The molecule has 1 amide bonds. The minimum atomic E-state index is -0.565. The van der Waals surface area contributed by atoms with Crippen molar-refractivity contribution in [3.63, 3.8) is 0 Å². The van der Waals surface area contributed by atoms with E-state index in [0.29, 0.717) is 13.1 Å². The average molecular weight is 356 g/mol. The number of hydrogen-bond donors (Lipinski definition) is 1. The predicted octanol–water partition coefficient (Wildman–Crippen LogP) is 2.76. The van der Waals surface area contributed by atoms with Gasteiger partial charge in [0.1, 0.15) is 12.2 Å². The number of aryl methyl sites for hydroxylation is 1. The summed E-state index contributed by atoms with van der Waals surface area (Å²) in [5.41, 5.74) is 0.614. The third-order valence-corrected chi connectivity index (χ3v) is 3.87. The fraction of sp³-hybridized carbons (Fsp3) is 0.350. The van der Waals surface area contributed by atoms with Gasteiger partial charge in [-0.25, -0.2) is 4.79 Å². The van der Waals surface area contributed by atoms with E-state index in [9.17, 15) is 14.4 Å². The molecule has 0 unspecified atom stereocenters. The number of hydrogen-bond acceptors (Lipinski definition) is 4. The summed E-state index contributed by atoms with van der Waals surface area (Å²) in [6.45, 7) is 4.75. The van der Waals surface area contributed by atoms with Crippen molar-refractivity contribution in [2.45, 2.75) is 39.8 Å². The third-order valence-electron chi connectivity index (χ3n) is 3.87. The molecule has 1 N–H and O–H groups in total. The molecule has 2 aromatic rings. The quantitative estimate of drug-likeness (QED) is 0.738. The maximum absolute atomic E-state index is 12.5. The molecule has 0 saturated carbocycles. The number of nitrogens with one attached hydrogen (secondary N) is 1. The second-order valence-corrected chi connectivity index (χ2v) is 5.92. The summed E-state index contributed by atoms with van der Waals surface area (Å²) in [6.07, 6.45) is 3.14. The number of esters is 1. The van der Waals surface area contributed by atoms with Gasteiger partial charge in [0.05, 0.1) is 5.56 Å². The zero-order chi connectivity index (χ0) is 18.9. The molecular weight excluding hydrogens is 332 g/mol. The smallest absolute Gasteiger partial charge is 0.339 e. The number of nitrogens with zero attached hydrogens (tertiary/aromatic N) is 1. The molecule has 0 aliphatic carbocycles. The van der Waals surface area contributed by atoms with Crippen LogP contribution in [0.3, 0.4) is 0 Å². The molecule has 0 radical (unpaired) electrons. The number of pyridine rings is 1. The summed E-state index contributed by atoms with van der Waals surface area (Å²) in [5.74, 6) is -1.05. The number of carbonyl (C=O) groups excluding carboxylic acids is 2. The van der Waals surface area contributed by atoms with E-state index < -0.39 is 17.4 Å². The summed E-state index contributed by atoms with van der Waals surface area (Å²) in [7, 11) is 0. The van der Waals surface area contributed by atoms with Gasteiger partial charge >= 0.3 is 5.97 Å². The zero-order valence-corrected chi connectivity index (χ0v) is 15.2. The monoisotopic (exact) mass is 356 g/mol. The second kappa shape index (κ2) is 9.56. The van der Waals surface area contributed by atoms with E-state index in [1.54, 1.807) is 6.92 Å². The van der Waals surface area contributed by atoms with E-state index in [1.807, 2.05) is 37.3 Å². The normalized spacial score (nSPS) is 10.4. The lowest BCUT2D eigenvalue weighted by molar-refractivity contribution is 0.0471. The Morgan fingerprint density at radius 2 is 1.88 bits per heavy atom. The lowest BCUT2D eigenvalue weighted by Crippen LogP contribution is -2.33. The molecule has 0 atom stereocenters. The molecular formula is C20H24N2O4. The van der Waals surface area contributed by atoms with Crippen LogP contribution in [0.15, 0.2) is 47.4 Å².